The van der Waals surface area contributed by atoms with Crippen LogP contribution in [-0.2, 0) is 31.0 Å². The van der Waals surface area contributed by atoms with Gasteiger partial charge in [0.1, 0.15) is 0 Å². The minimum atomic E-state index is 0.699. The molecule has 15 fully saturated rings. The Kier molecular flexibility index (Phi) is 27.8. The van der Waals surface area contributed by atoms with Crippen molar-refractivity contribution in [1.29, 1.82) is 0 Å². The lowest BCUT2D eigenvalue weighted by Gasteiger charge is -2.34. The monoisotopic (exact) mass is 1560 g/mol. The summed E-state index contributed by atoms with van der Waals surface area (Å²) in [6.07, 6.45) is 37.8. The Morgan fingerprint density at radius 2 is 0.814 bits per heavy atom. The molecule has 1 aromatic heterocycles. The maximum atomic E-state index is 5.39. The Hall–Kier alpha value is -3.59. The van der Waals surface area contributed by atoms with Crippen LogP contribution in [-0.4, -0.2) is 209 Å². The normalized spacial score (nSPS) is 40.7. The van der Waals surface area contributed by atoms with Crippen LogP contribution in [0.15, 0.2) is 103 Å². The zero-order valence-corrected chi connectivity index (χ0v) is 75.4. The van der Waals surface area contributed by atoms with E-state index in [2.05, 4.69) is 284 Å². The minimum Gasteiger partial charge on any atom is -0.379 e. The molecule has 5 saturated carbocycles. The van der Waals surface area contributed by atoms with Crippen molar-refractivity contribution < 1.29 is 4.74 Å². The van der Waals surface area contributed by atoms with E-state index in [0.29, 0.717) is 12.1 Å². The summed E-state index contributed by atoms with van der Waals surface area (Å²) in [5.41, 5.74) is 12.2. The topological polar surface area (TPSA) is 40.1 Å². The van der Waals surface area contributed by atoms with Gasteiger partial charge in [0, 0.05) is 133 Å². The van der Waals surface area contributed by atoms with Crippen molar-refractivity contribution >= 4 is 22.7 Å². The molecular weight excluding hydrogens is 1400 g/mol. The first kappa shape index (κ1) is 84.4. The van der Waals surface area contributed by atoms with Crippen molar-refractivity contribution in [2.45, 2.75) is 332 Å². The number of rotatable bonds is 0. The summed E-state index contributed by atoms with van der Waals surface area (Å²) in [6, 6.07) is 50.7. The number of ether oxygens (including phenoxy) is 1. The molecule has 113 heavy (non-hydrogen) atoms. The maximum Gasteiger partial charge on any atom is 0.0625 e. The summed E-state index contributed by atoms with van der Waals surface area (Å²) >= 11 is 2.13. The largest absolute Gasteiger partial charge is 0.379 e. The van der Waals surface area contributed by atoms with E-state index in [9.17, 15) is 0 Å². The van der Waals surface area contributed by atoms with E-state index >= 15 is 0 Å². The first-order valence-corrected chi connectivity index (χ1v) is 48.3. The van der Waals surface area contributed by atoms with Gasteiger partial charge < -0.3 is 24.0 Å². The Labute approximate surface area is 694 Å². The van der Waals surface area contributed by atoms with Gasteiger partial charge in [0.05, 0.1) is 13.2 Å². The van der Waals surface area contributed by atoms with E-state index in [1.54, 1.807) is 59.1 Å². The van der Waals surface area contributed by atoms with Gasteiger partial charge in [0.2, 0.25) is 0 Å². The smallest absolute Gasteiger partial charge is 0.0625 e. The molecule has 8 aliphatic carbocycles. The molecular formula is C102H159N9OS. The summed E-state index contributed by atoms with van der Waals surface area (Å²) < 4.78 is 7.59. The fourth-order valence-electron chi connectivity index (χ4n) is 27.9. The Morgan fingerprint density at radius 1 is 0.327 bits per heavy atom. The van der Waals surface area contributed by atoms with Gasteiger partial charge in [-0.2, -0.15) is 11.8 Å². The second-order valence-corrected chi connectivity index (χ2v) is 42.3. The molecule has 10 nitrogen and oxygen atoms in total. The average molecular weight is 1560 g/mol. The van der Waals surface area contributed by atoms with Gasteiger partial charge in [-0.15, -0.1) is 0 Å². The number of likely N-dealkylation sites (N-methyl/N-ethyl adjacent to an activating group) is 2. The second-order valence-electron chi connectivity index (χ2n) is 41.2. The van der Waals surface area contributed by atoms with Crippen LogP contribution in [0.1, 0.15) is 260 Å². The first-order valence-electron chi connectivity index (χ1n) is 47.2. The zero-order valence-electron chi connectivity index (χ0n) is 74.5. The number of para-hydroxylation sites is 1. The molecule has 0 amide bonds. The molecule has 0 bridgehead atoms. The van der Waals surface area contributed by atoms with Crippen molar-refractivity contribution in [2.24, 2.45) is 72.1 Å². The molecule has 10 saturated heterocycles. The minimum absolute atomic E-state index is 0.699. The standard InChI is InChI=1S/C14H19N.C13H23N.C13H17N.C13H23N.C13H17N.C10H19N.C10H11N.C8H15NO.C8H15NS/c1-10-9-12-8-7-11-5-3-4-6-13(11)14(12)15(10)2;2*1-9-7-11-8-10-5-3-4-6-12(10)13(11)14(9)2;2*1-9-7-12-11-6-4-3-5-10(11)8-13(12)14(9)2;2*1-8-7-9-5-3-4-6-10(9)11(8)2;2*1-6-3-7-4-10-5-8(7)9(6)2/h3-6,10,12,14H,7-9H2,1-2H3;9-13H,3-8H2,1-2H3;3-6,9,11,13H,7-8H2,1-2H3;9-13H,3-8H2,1-2H3;3-6,9,12-13H,7-8H2,1-2H3;8-10H,3-7H2,1-2H3;3-7H,1-2H3;2*6-8H,3-5H2,1-2H3. The molecule has 624 valence electrons. The van der Waals surface area contributed by atoms with Gasteiger partial charge in [-0.1, -0.05) is 142 Å². The number of hydrogen-bond donors (Lipinski definition) is 0. The van der Waals surface area contributed by atoms with Gasteiger partial charge in [-0.05, 0) is 350 Å². The van der Waals surface area contributed by atoms with Gasteiger partial charge in [-0.3, -0.25) is 24.5 Å². The highest BCUT2D eigenvalue weighted by molar-refractivity contribution is 7.99. The lowest BCUT2D eigenvalue weighted by atomic mass is 9.77. The number of likely N-dealkylation sites (tertiary alicyclic amines) is 8. The van der Waals surface area contributed by atoms with Crippen molar-refractivity contribution in [2.75, 3.05) is 81.1 Å². The Bertz CT molecular complexity index is 3820. The number of thioether (sulfide) groups is 1. The molecule has 11 heterocycles. The number of hydrogen-bond acceptors (Lipinski definition) is 10. The van der Waals surface area contributed by atoms with Gasteiger partial charge in [0.15, 0.2) is 0 Å². The molecule has 4 aromatic carbocycles. The summed E-state index contributed by atoms with van der Waals surface area (Å²) in [7, 11) is 20.5. The van der Waals surface area contributed by atoms with Crippen molar-refractivity contribution in [3.05, 3.63) is 142 Å². The molecule has 0 N–H and O–H groups in total. The Morgan fingerprint density at radius 3 is 1.50 bits per heavy atom. The Balaban J connectivity index is 0.000000101. The maximum absolute atomic E-state index is 5.39. The van der Waals surface area contributed by atoms with Crippen molar-refractivity contribution in [3.63, 3.8) is 0 Å². The van der Waals surface area contributed by atoms with Crippen molar-refractivity contribution in [1.82, 2.24) is 43.8 Å². The van der Waals surface area contributed by atoms with Crippen LogP contribution < -0.4 is 0 Å². The quantitative estimate of drug-likeness (QED) is 0.150. The summed E-state index contributed by atoms with van der Waals surface area (Å²) in [5, 5.41) is 1.33. The molecule has 18 aliphatic rings. The van der Waals surface area contributed by atoms with E-state index in [0.717, 1.165) is 169 Å². The van der Waals surface area contributed by atoms with Gasteiger partial charge in [0.25, 0.3) is 0 Å². The number of benzene rings is 4. The third-order valence-electron chi connectivity index (χ3n) is 35.3. The van der Waals surface area contributed by atoms with E-state index < -0.39 is 0 Å². The molecule has 10 aliphatic heterocycles. The van der Waals surface area contributed by atoms with E-state index in [-0.39, 0.29) is 0 Å². The number of aromatic nitrogens is 1. The molecule has 23 rings (SSSR count). The SMILES string of the molecule is CC1CC2C3CCCCC3CC2N1C.CC1CC2CC3CCCCC3C2N1C.CC1CC2CCCCC2N1C.CC1CC2CCc3ccccc3C2N1C.CC1CC2COCC2N1C.CC1CC2CSCC2N1C.CC1CC2Cc3ccccc3C2N1C.CC1CC2c3ccccc3CC2N1C.Cc1cc2ccccc2n1C. The zero-order chi connectivity index (χ0) is 79.2. The molecule has 11 heteroatoms. The number of nitrogens with zero attached hydrogens (tertiary/aromatic N) is 9. The van der Waals surface area contributed by atoms with Crippen LogP contribution >= 0.6 is 11.8 Å². The van der Waals surface area contributed by atoms with E-state index in [1.807, 2.05) is 0 Å². The highest BCUT2D eigenvalue weighted by Gasteiger charge is 2.53. The van der Waals surface area contributed by atoms with Gasteiger partial charge in [-0.25, -0.2) is 0 Å². The highest BCUT2D eigenvalue weighted by atomic mass is 32.2. The van der Waals surface area contributed by atoms with Gasteiger partial charge >= 0.3 is 0 Å². The molecule has 0 spiro atoms. The summed E-state index contributed by atoms with van der Waals surface area (Å²) in [5.74, 6) is 14.8. The summed E-state index contributed by atoms with van der Waals surface area (Å²) in [4.78, 5) is 20.7. The van der Waals surface area contributed by atoms with Crippen LogP contribution in [0.5, 0.6) is 0 Å². The molecule has 28 unspecified atom stereocenters. The van der Waals surface area contributed by atoms with Crippen LogP contribution in [0.2, 0.25) is 0 Å². The fraction of sp³-hybridized carbons (Fsp3) is 0.745. The van der Waals surface area contributed by atoms with E-state index in [4.69, 9.17) is 4.74 Å². The predicted molar refractivity (Wildman–Crippen MR) is 480 cm³/mol. The third kappa shape index (κ3) is 17.8. The lowest BCUT2D eigenvalue weighted by Crippen LogP contribution is -2.37. The number of aryl methyl sites for hydroxylation is 3. The predicted octanol–water partition coefficient (Wildman–Crippen LogP) is 20.8. The van der Waals surface area contributed by atoms with Crippen LogP contribution in [0.3, 0.4) is 0 Å². The first-order chi connectivity index (χ1) is 54.5. The van der Waals surface area contributed by atoms with Crippen LogP contribution in [0.25, 0.3) is 10.9 Å². The molecule has 5 aromatic rings. The van der Waals surface area contributed by atoms with E-state index in [1.165, 1.54) is 169 Å². The molecule has 28 atom stereocenters. The van der Waals surface area contributed by atoms with Crippen LogP contribution in [0, 0.1) is 72.0 Å². The fourth-order valence-corrected chi connectivity index (χ4v) is 29.5. The molecule has 0 radical (unpaired) electrons. The lowest BCUT2D eigenvalue weighted by molar-refractivity contribution is 0.141. The second kappa shape index (κ2) is 37.2. The van der Waals surface area contributed by atoms with Crippen molar-refractivity contribution in [3.8, 4) is 0 Å². The third-order valence-corrected chi connectivity index (χ3v) is 36.5. The number of fused-ring (bicyclic) bond motifs is 19. The van der Waals surface area contributed by atoms with Crippen LogP contribution in [0.4, 0.5) is 0 Å². The summed E-state index contributed by atoms with van der Waals surface area (Å²) in [6.45, 7) is 23.0. The highest BCUT2D eigenvalue weighted by Crippen LogP contribution is 2.55. The average Bonchev–Trinajstić information content (AvgIpc) is 1.63.